The largest absolute Gasteiger partial charge is 0.480 e. The highest BCUT2D eigenvalue weighted by molar-refractivity contribution is 9.10. The highest BCUT2D eigenvalue weighted by Gasteiger charge is 2.22. The molecule has 6 heteroatoms. The molecule has 1 aromatic carbocycles. The van der Waals surface area contributed by atoms with E-state index in [4.69, 9.17) is 16.7 Å². The van der Waals surface area contributed by atoms with E-state index in [2.05, 4.69) is 26.9 Å². The quantitative estimate of drug-likeness (QED) is 0.837. The Labute approximate surface area is 145 Å². The van der Waals surface area contributed by atoms with Crippen LogP contribution >= 0.6 is 27.5 Å². The average Bonchev–Trinajstić information content (AvgIpc) is 2.67. The van der Waals surface area contributed by atoms with Gasteiger partial charge < -0.3 is 5.11 Å². The SMILES string of the molecule is CN(CC(=O)O)C1CCCN(Cc2ccc(Br)cc2Cl)CC1. The molecule has 4 nitrogen and oxygen atoms in total. The zero-order valence-corrected chi connectivity index (χ0v) is 15.1. The molecule has 22 heavy (non-hydrogen) atoms. The van der Waals surface area contributed by atoms with Gasteiger partial charge in [-0.25, -0.2) is 0 Å². The molecule has 0 aliphatic carbocycles. The summed E-state index contributed by atoms with van der Waals surface area (Å²) in [6, 6.07) is 6.35. The summed E-state index contributed by atoms with van der Waals surface area (Å²) in [6.45, 7) is 2.97. The number of benzene rings is 1. The van der Waals surface area contributed by atoms with Crippen LogP contribution in [0.4, 0.5) is 0 Å². The van der Waals surface area contributed by atoms with Gasteiger partial charge in [-0.1, -0.05) is 33.6 Å². The number of nitrogens with zero attached hydrogens (tertiary/aromatic N) is 2. The molecule has 1 unspecified atom stereocenters. The van der Waals surface area contributed by atoms with Crippen molar-refractivity contribution in [2.24, 2.45) is 0 Å². The van der Waals surface area contributed by atoms with E-state index >= 15 is 0 Å². The maximum atomic E-state index is 10.8. The lowest BCUT2D eigenvalue weighted by Crippen LogP contribution is -2.36. The molecule has 1 atom stereocenters. The predicted octanol–water partition coefficient (Wildman–Crippen LogP) is 3.47. The van der Waals surface area contributed by atoms with Crippen LogP contribution in [0, 0.1) is 0 Å². The second-order valence-corrected chi connectivity index (χ2v) is 7.23. The molecule has 0 spiro atoms. The molecule has 1 aromatic rings. The van der Waals surface area contributed by atoms with Crippen molar-refractivity contribution >= 4 is 33.5 Å². The molecule has 122 valence electrons. The third-order valence-corrected chi connectivity index (χ3v) is 5.05. The summed E-state index contributed by atoms with van der Waals surface area (Å²) in [5, 5.41) is 9.70. The minimum atomic E-state index is -0.759. The molecule has 0 radical (unpaired) electrons. The van der Waals surface area contributed by atoms with Crippen molar-refractivity contribution < 1.29 is 9.90 Å². The summed E-state index contributed by atoms with van der Waals surface area (Å²) in [7, 11) is 1.90. The van der Waals surface area contributed by atoms with E-state index in [1.54, 1.807) is 0 Å². The van der Waals surface area contributed by atoms with Gasteiger partial charge in [0.05, 0.1) is 6.54 Å². The third-order valence-electron chi connectivity index (χ3n) is 4.21. The Morgan fingerprint density at radius 1 is 1.45 bits per heavy atom. The van der Waals surface area contributed by atoms with Gasteiger partial charge in [0.2, 0.25) is 0 Å². The van der Waals surface area contributed by atoms with Crippen LogP contribution in [0.25, 0.3) is 0 Å². The molecule has 1 heterocycles. The smallest absolute Gasteiger partial charge is 0.317 e. The monoisotopic (exact) mass is 388 g/mol. The van der Waals surface area contributed by atoms with Gasteiger partial charge in [-0.15, -0.1) is 0 Å². The lowest BCUT2D eigenvalue weighted by molar-refractivity contribution is -0.138. The maximum Gasteiger partial charge on any atom is 0.317 e. The number of carboxylic acid groups (broad SMARTS) is 1. The maximum absolute atomic E-state index is 10.8. The van der Waals surface area contributed by atoms with E-state index in [-0.39, 0.29) is 6.54 Å². The Morgan fingerprint density at radius 2 is 2.23 bits per heavy atom. The van der Waals surface area contributed by atoms with Crippen LogP contribution in [0.2, 0.25) is 5.02 Å². The van der Waals surface area contributed by atoms with E-state index in [1.165, 1.54) is 0 Å². The Balaban J connectivity index is 1.91. The number of carboxylic acids is 1. The lowest BCUT2D eigenvalue weighted by atomic mass is 10.1. The van der Waals surface area contributed by atoms with Crippen molar-refractivity contribution in [2.75, 3.05) is 26.7 Å². The summed E-state index contributed by atoms with van der Waals surface area (Å²) >= 11 is 9.72. The van der Waals surface area contributed by atoms with Gasteiger partial charge in [-0.05, 0) is 57.1 Å². The van der Waals surface area contributed by atoms with E-state index < -0.39 is 5.97 Å². The van der Waals surface area contributed by atoms with E-state index in [1.807, 2.05) is 24.1 Å². The molecular formula is C16H22BrClN2O2. The van der Waals surface area contributed by atoms with Gasteiger partial charge >= 0.3 is 5.97 Å². The Bertz CT molecular complexity index is 527. The van der Waals surface area contributed by atoms with E-state index in [0.717, 1.165) is 54.0 Å². The first-order chi connectivity index (χ1) is 10.5. The van der Waals surface area contributed by atoms with Gasteiger partial charge in [-0.2, -0.15) is 0 Å². The van der Waals surface area contributed by atoms with Crippen molar-refractivity contribution in [1.29, 1.82) is 0 Å². The molecule has 1 aliphatic heterocycles. The van der Waals surface area contributed by atoms with Gasteiger partial charge in [-0.3, -0.25) is 14.6 Å². The highest BCUT2D eigenvalue weighted by Crippen LogP contribution is 2.24. The van der Waals surface area contributed by atoms with Crippen molar-refractivity contribution in [3.8, 4) is 0 Å². The zero-order chi connectivity index (χ0) is 16.1. The van der Waals surface area contributed by atoms with Crippen molar-refractivity contribution in [3.63, 3.8) is 0 Å². The fourth-order valence-corrected chi connectivity index (χ4v) is 3.70. The van der Waals surface area contributed by atoms with Crippen LogP contribution in [0.1, 0.15) is 24.8 Å². The van der Waals surface area contributed by atoms with Crippen molar-refractivity contribution in [1.82, 2.24) is 9.80 Å². The first-order valence-electron chi connectivity index (χ1n) is 7.54. The van der Waals surface area contributed by atoms with Crippen LogP contribution < -0.4 is 0 Å². The fourth-order valence-electron chi connectivity index (χ4n) is 2.97. The molecule has 0 saturated carbocycles. The normalized spacial score (nSPS) is 20.1. The Morgan fingerprint density at radius 3 is 2.91 bits per heavy atom. The van der Waals surface area contributed by atoms with Gasteiger partial charge in [0.15, 0.2) is 0 Å². The first-order valence-corrected chi connectivity index (χ1v) is 8.71. The number of aliphatic carboxylic acids is 1. The molecule has 0 bridgehead atoms. The molecule has 1 fully saturated rings. The van der Waals surface area contributed by atoms with Crippen LogP contribution in [-0.2, 0) is 11.3 Å². The van der Waals surface area contributed by atoms with Gasteiger partial charge in [0.25, 0.3) is 0 Å². The Kier molecular flexibility index (Phi) is 6.68. The van der Waals surface area contributed by atoms with Crippen molar-refractivity contribution in [3.05, 3.63) is 33.3 Å². The summed E-state index contributed by atoms with van der Waals surface area (Å²) in [5.74, 6) is -0.759. The number of rotatable bonds is 5. The number of hydrogen-bond donors (Lipinski definition) is 1. The van der Waals surface area contributed by atoms with Gasteiger partial charge in [0.1, 0.15) is 0 Å². The highest BCUT2D eigenvalue weighted by atomic mass is 79.9. The summed E-state index contributed by atoms with van der Waals surface area (Å²) in [5.41, 5.74) is 1.14. The molecular weight excluding hydrogens is 368 g/mol. The average molecular weight is 390 g/mol. The number of carbonyl (C=O) groups is 1. The van der Waals surface area contributed by atoms with Crippen LogP contribution in [-0.4, -0.2) is 53.6 Å². The molecule has 1 N–H and O–H groups in total. The zero-order valence-electron chi connectivity index (χ0n) is 12.8. The first kappa shape index (κ1) is 17.7. The van der Waals surface area contributed by atoms with Crippen molar-refractivity contribution in [2.45, 2.75) is 31.8 Å². The molecule has 2 rings (SSSR count). The second-order valence-electron chi connectivity index (χ2n) is 5.91. The van der Waals surface area contributed by atoms with Crippen LogP contribution in [0.5, 0.6) is 0 Å². The third kappa shape index (κ3) is 5.23. The summed E-state index contributed by atoms with van der Waals surface area (Å²) < 4.78 is 0.993. The van der Waals surface area contributed by atoms with Gasteiger partial charge in [0, 0.05) is 22.1 Å². The number of likely N-dealkylation sites (N-methyl/N-ethyl adjacent to an activating group) is 1. The predicted molar refractivity (Wildman–Crippen MR) is 92.3 cm³/mol. The number of likely N-dealkylation sites (tertiary alicyclic amines) is 1. The minimum absolute atomic E-state index is 0.114. The fraction of sp³-hybridized carbons (Fsp3) is 0.562. The lowest BCUT2D eigenvalue weighted by Gasteiger charge is -2.25. The summed E-state index contributed by atoms with van der Waals surface area (Å²) in [4.78, 5) is 15.2. The minimum Gasteiger partial charge on any atom is -0.480 e. The Hall–Kier alpha value is -0.620. The van der Waals surface area contributed by atoms with Crippen LogP contribution in [0.3, 0.4) is 0 Å². The van der Waals surface area contributed by atoms with Crippen LogP contribution in [0.15, 0.2) is 22.7 Å². The number of halogens is 2. The topological polar surface area (TPSA) is 43.8 Å². The molecule has 0 aromatic heterocycles. The molecule has 1 saturated heterocycles. The van der Waals surface area contributed by atoms with E-state index in [0.29, 0.717) is 6.04 Å². The molecule has 1 aliphatic rings. The standard InChI is InChI=1S/C16H22BrClN2O2/c1-19(11-16(21)22)14-3-2-7-20(8-6-14)10-12-4-5-13(17)9-15(12)18/h4-5,9,14H,2-3,6-8,10-11H2,1H3,(H,21,22). The molecule has 0 amide bonds. The second kappa shape index (κ2) is 8.29. The number of hydrogen-bond acceptors (Lipinski definition) is 3. The van der Waals surface area contributed by atoms with E-state index in [9.17, 15) is 4.79 Å². The summed E-state index contributed by atoms with van der Waals surface area (Å²) in [6.07, 6.45) is 3.13.